The third-order valence-electron chi connectivity index (χ3n) is 5.58. The molecule has 32 heavy (non-hydrogen) atoms. The molecule has 0 spiro atoms. The van der Waals surface area contributed by atoms with E-state index in [-0.39, 0.29) is 0 Å². The van der Waals surface area contributed by atoms with Crippen LogP contribution in [0.15, 0.2) is 0 Å². The fraction of sp³-hybridized carbons (Fsp3) is 1.00. The van der Waals surface area contributed by atoms with Crippen LogP contribution in [-0.2, 0) is 18.9 Å². The summed E-state index contributed by atoms with van der Waals surface area (Å²) in [7, 11) is 0. The molecule has 0 aromatic carbocycles. The van der Waals surface area contributed by atoms with Gasteiger partial charge in [-0.2, -0.15) is 0 Å². The molecule has 2 saturated heterocycles. The molecule has 2 heterocycles. The summed E-state index contributed by atoms with van der Waals surface area (Å²) in [4.78, 5) is 0. The van der Waals surface area contributed by atoms with Crippen LogP contribution in [0.1, 0.15) is 0 Å². The van der Waals surface area contributed by atoms with Crippen LogP contribution in [0.5, 0.6) is 0 Å². The lowest BCUT2D eigenvalue weighted by molar-refractivity contribution is -0.343. The lowest BCUT2D eigenvalue weighted by atomic mass is 10.0. The van der Waals surface area contributed by atoms with Crippen molar-refractivity contribution in [1.82, 2.24) is 0 Å². The molecule has 0 radical (unpaired) electrons. The maximum absolute atomic E-state index is 10.5. The second-order valence-corrected chi connectivity index (χ2v) is 7.74. The summed E-state index contributed by atoms with van der Waals surface area (Å²) in [5.41, 5.74) is 0. The molecule has 0 aliphatic carbocycles. The Morgan fingerprint density at radius 3 is 1.66 bits per heavy atom. The molecule has 190 valence electrons. The highest BCUT2D eigenvalue weighted by atomic mass is 16.8. The average molecular weight is 476 g/mol. The summed E-state index contributed by atoms with van der Waals surface area (Å²) in [6.45, 7) is -5.14. The summed E-state index contributed by atoms with van der Waals surface area (Å²) in [6.07, 6.45) is -15.2. The number of aliphatic hydroxyl groups is 11. The van der Waals surface area contributed by atoms with Gasteiger partial charge in [0, 0.05) is 0 Å². The van der Waals surface area contributed by atoms with Crippen molar-refractivity contribution in [3.63, 3.8) is 0 Å². The highest BCUT2D eigenvalue weighted by molar-refractivity contribution is 5.00. The van der Waals surface area contributed by atoms with Gasteiger partial charge in [-0.25, -0.2) is 0 Å². The van der Waals surface area contributed by atoms with Gasteiger partial charge < -0.3 is 75.1 Å². The van der Waals surface area contributed by atoms with Crippen LogP contribution in [0.25, 0.3) is 0 Å². The van der Waals surface area contributed by atoms with Crippen molar-refractivity contribution in [2.24, 2.45) is 0 Å². The van der Waals surface area contributed by atoms with Crippen molar-refractivity contribution < 1.29 is 75.1 Å². The Morgan fingerprint density at radius 2 is 1.22 bits per heavy atom. The first-order valence-corrected chi connectivity index (χ1v) is 9.86. The van der Waals surface area contributed by atoms with E-state index in [4.69, 9.17) is 24.1 Å². The first-order chi connectivity index (χ1) is 15.0. The molecule has 0 amide bonds. The molecule has 2 rings (SSSR count). The molecular weight excluding hydrogens is 444 g/mol. The Morgan fingerprint density at radius 1 is 0.719 bits per heavy atom. The van der Waals surface area contributed by atoms with Gasteiger partial charge in [-0.05, 0) is 0 Å². The summed E-state index contributed by atoms with van der Waals surface area (Å²) >= 11 is 0. The van der Waals surface area contributed by atoms with Gasteiger partial charge in [0.15, 0.2) is 0 Å². The minimum atomic E-state index is -2.34. The second kappa shape index (κ2) is 11.2. The molecule has 2 aliphatic heterocycles. The Labute approximate surface area is 182 Å². The fourth-order valence-electron chi connectivity index (χ4n) is 3.50. The molecule has 2 fully saturated rings. The van der Waals surface area contributed by atoms with Gasteiger partial charge in [0.05, 0.1) is 26.4 Å². The molecule has 11 atom stereocenters. The predicted octanol–water partition coefficient (Wildman–Crippen LogP) is -7.29. The second-order valence-electron chi connectivity index (χ2n) is 7.74. The minimum absolute atomic E-state index is 0.729. The van der Waals surface area contributed by atoms with E-state index in [2.05, 4.69) is 0 Å². The first kappa shape index (κ1) is 27.6. The van der Waals surface area contributed by atoms with Gasteiger partial charge >= 0.3 is 0 Å². The van der Waals surface area contributed by atoms with Gasteiger partial charge in [-0.1, -0.05) is 0 Å². The fourth-order valence-corrected chi connectivity index (χ4v) is 3.50. The molecule has 15 nitrogen and oxygen atoms in total. The molecule has 0 saturated carbocycles. The quantitative estimate of drug-likeness (QED) is 0.125. The van der Waals surface area contributed by atoms with E-state index in [0.717, 1.165) is 0 Å². The lowest BCUT2D eigenvalue weighted by Gasteiger charge is -2.37. The molecule has 15 heteroatoms. The Hall–Kier alpha value is -0.600. The van der Waals surface area contributed by atoms with Gasteiger partial charge in [0.1, 0.15) is 68.1 Å². The van der Waals surface area contributed by atoms with Crippen LogP contribution in [0.2, 0.25) is 0 Å². The number of ether oxygens (including phenoxy) is 4. The van der Waals surface area contributed by atoms with Crippen molar-refractivity contribution in [2.75, 3.05) is 39.6 Å². The van der Waals surface area contributed by atoms with Crippen molar-refractivity contribution >= 4 is 0 Å². The summed E-state index contributed by atoms with van der Waals surface area (Å²) in [5, 5.41) is 107. The Balaban J connectivity index is 2.21. The van der Waals surface area contributed by atoms with Crippen LogP contribution in [0, 0.1) is 0 Å². The lowest BCUT2D eigenvalue weighted by Crippen LogP contribution is -2.56. The molecule has 2 aliphatic rings. The van der Waals surface area contributed by atoms with Crippen LogP contribution in [-0.4, -0.2) is 162 Å². The highest BCUT2D eigenvalue weighted by Crippen LogP contribution is 2.38. The van der Waals surface area contributed by atoms with Gasteiger partial charge in [0.2, 0.25) is 11.6 Å². The maximum atomic E-state index is 10.5. The van der Waals surface area contributed by atoms with E-state index in [9.17, 15) is 51.1 Å². The third-order valence-corrected chi connectivity index (χ3v) is 5.58. The zero-order valence-electron chi connectivity index (χ0n) is 17.0. The third kappa shape index (κ3) is 5.22. The van der Waals surface area contributed by atoms with Crippen molar-refractivity contribution in [2.45, 2.75) is 66.5 Å². The Kier molecular flexibility index (Phi) is 9.69. The van der Waals surface area contributed by atoms with Crippen molar-refractivity contribution in [3.8, 4) is 0 Å². The Bertz CT molecular complexity index is 582. The zero-order valence-corrected chi connectivity index (χ0v) is 17.0. The first-order valence-electron chi connectivity index (χ1n) is 9.86. The monoisotopic (exact) mass is 476 g/mol. The number of aliphatic hydroxyl groups excluding tert-OH is 11. The standard InChI is InChI=1S/C17H32O15/c18-1-7(22)11(24)8(23)4-29-17(15(28)13(26)10(3-20)32-17)6-30-16(5-21)14(27)12(25)9(2-19)31-16/h7-15,18-28H,1-6H2/t7-,8+,9-,10-,11+,12-,13-,14+,15+,16?,17?/m1/s1. The van der Waals surface area contributed by atoms with E-state index in [0.29, 0.717) is 0 Å². The molecule has 0 bridgehead atoms. The molecule has 2 unspecified atom stereocenters. The predicted molar refractivity (Wildman–Crippen MR) is 97.5 cm³/mol. The normalized spacial score (nSPS) is 42.8. The molecule has 0 aromatic heterocycles. The van der Waals surface area contributed by atoms with E-state index in [1.165, 1.54) is 0 Å². The molecule has 0 aromatic rings. The summed E-state index contributed by atoms with van der Waals surface area (Å²) in [6, 6.07) is 0. The highest BCUT2D eigenvalue weighted by Gasteiger charge is 2.60. The zero-order chi connectivity index (χ0) is 24.3. The van der Waals surface area contributed by atoms with Gasteiger partial charge in [-0.15, -0.1) is 0 Å². The molecular formula is C17H32O15. The van der Waals surface area contributed by atoms with Crippen LogP contribution in [0.4, 0.5) is 0 Å². The number of hydrogen-bond acceptors (Lipinski definition) is 15. The van der Waals surface area contributed by atoms with Crippen LogP contribution < -0.4 is 0 Å². The number of hydrogen-bond donors (Lipinski definition) is 11. The van der Waals surface area contributed by atoms with E-state index in [1.54, 1.807) is 0 Å². The van der Waals surface area contributed by atoms with Crippen molar-refractivity contribution in [1.29, 1.82) is 0 Å². The smallest absolute Gasteiger partial charge is 0.222 e. The SMILES string of the molecule is OC[C@@H](O)[C@H](O)[C@@H](O)COC1(COC2(CO)O[C@H](CO)[C@@H](O)[C@@H]2O)O[C@H](CO)[C@@H](O)[C@@H]1O. The van der Waals surface area contributed by atoms with E-state index in [1.807, 2.05) is 0 Å². The largest absolute Gasteiger partial charge is 0.394 e. The van der Waals surface area contributed by atoms with Crippen molar-refractivity contribution in [3.05, 3.63) is 0 Å². The van der Waals surface area contributed by atoms with Gasteiger partial charge in [-0.3, -0.25) is 0 Å². The maximum Gasteiger partial charge on any atom is 0.222 e. The number of rotatable bonds is 12. The van der Waals surface area contributed by atoms with Gasteiger partial charge in [0.25, 0.3) is 0 Å². The van der Waals surface area contributed by atoms with Crippen LogP contribution >= 0.6 is 0 Å². The average Bonchev–Trinajstić information content (AvgIpc) is 3.20. The van der Waals surface area contributed by atoms with E-state index >= 15 is 0 Å². The van der Waals surface area contributed by atoms with Crippen LogP contribution in [0.3, 0.4) is 0 Å². The van der Waals surface area contributed by atoms with E-state index < -0.39 is 106 Å². The summed E-state index contributed by atoms with van der Waals surface area (Å²) < 4.78 is 21.3. The topological polar surface area (TPSA) is 259 Å². The molecule has 11 N–H and O–H groups in total. The minimum Gasteiger partial charge on any atom is -0.394 e. The summed E-state index contributed by atoms with van der Waals surface area (Å²) in [5.74, 6) is -4.63.